The third kappa shape index (κ3) is 3.65. The van der Waals surface area contributed by atoms with Crippen molar-refractivity contribution in [3.05, 3.63) is 94.1 Å². The first-order valence-corrected chi connectivity index (χ1v) is 10.5. The molecule has 0 fully saturated rings. The summed E-state index contributed by atoms with van der Waals surface area (Å²) in [6.07, 6.45) is 1.72. The van der Waals surface area contributed by atoms with Gasteiger partial charge in [0.15, 0.2) is 11.5 Å². The van der Waals surface area contributed by atoms with Gasteiger partial charge in [0.05, 0.1) is 11.9 Å². The fraction of sp³-hybridized carbons (Fsp3) is 0.0833. The third-order valence-corrected chi connectivity index (χ3v) is 5.63. The number of hydrogen-bond acceptors (Lipinski definition) is 5. The zero-order valence-corrected chi connectivity index (χ0v) is 17.2. The fourth-order valence-corrected chi connectivity index (χ4v) is 4.13. The van der Waals surface area contributed by atoms with Crippen LogP contribution in [0.5, 0.6) is 11.5 Å². The number of nitrogens with zero attached hydrogens (tertiary/aromatic N) is 3. The first-order valence-electron chi connectivity index (χ1n) is 9.58. The molecule has 0 aliphatic carbocycles. The molecule has 148 valence electrons. The summed E-state index contributed by atoms with van der Waals surface area (Å²) in [4.78, 5) is 0.800. The van der Waals surface area contributed by atoms with Gasteiger partial charge in [-0.2, -0.15) is 5.10 Å². The molecule has 0 N–H and O–H groups in total. The molecule has 30 heavy (non-hydrogen) atoms. The Labute approximate surface area is 178 Å². The van der Waals surface area contributed by atoms with Crippen LogP contribution in [0.4, 0.5) is 0 Å². The van der Waals surface area contributed by atoms with Crippen molar-refractivity contribution < 1.29 is 9.47 Å². The monoisotopic (exact) mass is 413 g/mol. The van der Waals surface area contributed by atoms with E-state index in [4.69, 9.17) is 9.47 Å². The van der Waals surface area contributed by atoms with Gasteiger partial charge in [-0.25, -0.2) is 0 Å². The molecule has 0 amide bonds. The molecular formula is C24H19N3O2S. The van der Waals surface area contributed by atoms with Gasteiger partial charge >= 0.3 is 0 Å². The largest absolute Gasteiger partial charge is 0.454 e. The first-order chi connectivity index (χ1) is 14.8. The second kappa shape index (κ2) is 8.00. The molecule has 1 aliphatic heterocycles. The average molecular weight is 414 g/mol. The lowest BCUT2D eigenvalue weighted by Crippen LogP contribution is -2.13. The van der Waals surface area contributed by atoms with E-state index in [1.807, 2.05) is 36.4 Å². The Kier molecular flexibility index (Phi) is 4.91. The average Bonchev–Trinajstić information content (AvgIpc) is 3.42. The summed E-state index contributed by atoms with van der Waals surface area (Å²) in [5.41, 5.74) is 5.42. The summed E-state index contributed by atoms with van der Waals surface area (Å²) >= 11 is 1.56. The lowest BCUT2D eigenvalue weighted by molar-refractivity contribution is 0.174. The minimum absolute atomic E-state index is 0.258. The second-order valence-electron chi connectivity index (χ2n) is 6.90. The van der Waals surface area contributed by atoms with Crippen LogP contribution in [0.15, 0.2) is 88.4 Å². The molecule has 0 saturated heterocycles. The van der Waals surface area contributed by atoms with E-state index < -0.39 is 0 Å². The minimum atomic E-state index is 0.258. The third-order valence-electron chi connectivity index (χ3n) is 4.82. The maximum atomic E-state index is 5.42. The number of fused-ring (bicyclic) bond motifs is 1. The molecule has 5 rings (SSSR count). The Hall–Kier alpha value is -3.64. The first kappa shape index (κ1) is 18.4. The van der Waals surface area contributed by atoms with Crippen molar-refractivity contribution in [1.29, 1.82) is 0 Å². The summed E-state index contributed by atoms with van der Waals surface area (Å²) in [5.74, 6) is 1.49. The van der Waals surface area contributed by atoms with Crippen LogP contribution in [0.25, 0.3) is 16.9 Å². The summed E-state index contributed by atoms with van der Waals surface area (Å²) in [6, 6.07) is 24.4. The number of aromatic nitrogens is 1. The standard InChI is InChI=1S/C24H19N3O2S/c1-17-7-10-19(11-8-17)21-15-30-24(27(21)20-5-3-2-4-6-20)26-25-14-18-9-12-22-23(13-18)29-16-28-22/h2-15H,16H2,1H3/b25-14-,26-24-. The van der Waals surface area contributed by atoms with E-state index in [2.05, 4.69) is 63.5 Å². The number of ether oxygens (including phenoxy) is 2. The van der Waals surface area contributed by atoms with Crippen LogP contribution in [0, 0.1) is 6.92 Å². The Bertz CT molecular complexity index is 1270. The second-order valence-corrected chi connectivity index (χ2v) is 7.73. The molecule has 0 bridgehead atoms. The molecule has 0 saturated carbocycles. The van der Waals surface area contributed by atoms with Crippen LogP contribution in [0.3, 0.4) is 0 Å². The van der Waals surface area contributed by atoms with Crippen LogP contribution in [0.2, 0.25) is 0 Å². The molecule has 0 radical (unpaired) electrons. The quantitative estimate of drug-likeness (QED) is 0.342. The molecule has 3 aromatic carbocycles. The number of aryl methyl sites for hydroxylation is 1. The van der Waals surface area contributed by atoms with Crippen LogP contribution >= 0.6 is 11.3 Å². The molecule has 0 atom stereocenters. The highest BCUT2D eigenvalue weighted by molar-refractivity contribution is 7.07. The maximum absolute atomic E-state index is 5.42. The predicted octanol–water partition coefficient (Wildman–Crippen LogP) is 5.18. The summed E-state index contributed by atoms with van der Waals surface area (Å²) in [5, 5.41) is 11.0. The van der Waals surface area contributed by atoms with Crippen molar-refractivity contribution in [2.75, 3.05) is 6.79 Å². The van der Waals surface area contributed by atoms with Crippen molar-refractivity contribution in [2.45, 2.75) is 6.92 Å². The van der Waals surface area contributed by atoms with Crippen molar-refractivity contribution in [3.63, 3.8) is 0 Å². The smallest absolute Gasteiger partial charge is 0.231 e. The van der Waals surface area contributed by atoms with Crippen molar-refractivity contribution >= 4 is 17.6 Å². The van der Waals surface area contributed by atoms with Gasteiger partial charge in [0.25, 0.3) is 0 Å². The molecular weight excluding hydrogens is 394 g/mol. The van der Waals surface area contributed by atoms with E-state index in [0.29, 0.717) is 0 Å². The number of rotatable bonds is 4. The lowest BCUT2D eigenvalue weighted by Gasteiger charge is -2.09. The molecule has 1 aliphatic rings. The van der Waals surface area contributed by atoms with Crippen LogP contribution in [-0.2, 0) is 0 Å². The van der Waals surface area contributed by atoms with Crippen LogP contribution < -0.4 is 14.3 Å². The van der Waals surface area contributed by atoms with Crippen LogP contribution in [-0.4, -0.2) is 17.6 Å². The molecule has 1 aromatic heterocycles. The number of para-hydroxylation sites is 1. The van der Waals surface area contributed by atoms with Gasteiger partial charge in [0.1, 0.15) is 0 Å². The molecule has 6 heteroatoms. The van der Waals surface area contributed by atoms with E-state index >= 15 is 0 Å². The lowest BCUT2D eigenvalue weighted by atomic mass is 10.1. The molecule has 2 heterocycles. The maximum Gasteiger partial charge on any atom is 0.231 e. The predicted molar refractivity (Wildman–Crippen MR) is 120 cm³/mol. The van der Waals surface area contributed by atoms with Crippen LogP contribution in [0.1, 0.15) is 11.1 Å². The summed E-state index contributed by atoms with van der Waals surface area (Å²) in [7, 11) is 0. The summed E-state index contributed by atoms with van der Waals surface area (Å²) in [6.45, 7) is 2.35. The van der Waals surface area contributed by atoms with E-state index in [1.165, 1.54) is 5.56 Å². The van der Waals surface area contributed by atoms with Gasteiger partial charge in [-0.05, 0) is 48.4 Å². The molecule has 0 unspecified atom stereocenters. The minimum Gasteiger partial charge on any atom is -0.454 e. The van der Waals surface area contributed by atoms with Gasteiger partial charge in [-0.1, -0.05) is 48.0 Å². The molecule has 5 nitrogen and oxygen atoms in total. The Morgan fingerprint density at radius 2 is 1.73 bits per heavy atom. The zero-order chi connectivity index (χ0) is 20.3. The SMILES string of the molecule is Cc1ccc(-c2cs/c(=N\N=C/c3ccc4c(c3)OCO4)n2-c2ccccc2)cc1. The van der Waals surface area contributed by atoms with E-state index in [-0.39, 0.29) is 6.79 Å². The number of benzene rings is 3. The Balaban J connectivity index is 1.55. The Morgan fingerprint density at radius 3 is 2.57 bits per heavy atom. The summed E-state index contributed by atoms with van der Waals surface area (Å²) < 4.78 is 12.9. The van der Waals surface area contributed by atoms with Gasteiger partial charge in [-0.15, -0.1) is 16.4 Å². The van der Waals surface area contributed by atoms with Crippen molar-refractivity contribution in [3.8, 4) is 28.4 Å². The van der Waals surface area contributed by atoms with Gasteiger partial charge < -0.3 is 9.47 Å². The highest BCUT2D eigenvalue weighted by atomic mass is 32.1. The van der Waals surface area contributed by atoms with E-state index in [0.717, 1.165) is 38.8 Å². The molecule has 0 spiro atoms. The highest BCUT2D eigenvalue weighted by Gasteiger charge is 2.12. The highest BCUT2D eigenvalue weighted by Crippen LogP contribution is 2.32. The van der Waals surface area contributed by atoms with Crippen molar-refractivity contribution in [1.82, 2.24) is 4.57 Å². The topological polar surface area (TPSA) is 48.1 Å². The van der Waals surface area contributed by atoms with Gasteiger partial charge in [0.2, 0.25) is 11.6 Å². The van der Waals surface area contributed by atoms with Crippen molar-refractivity contribution in [2.24, 2.45) is 10.2 Å². The number of thiazole rings is 1. The Morgan fingerprint density at radius 1 is 0.933 bits per heavy atom. The van der Waals surface area contributed by atoms with Gasteiger partial charge in [0, 0.05) is 11.1 Å². The normalized spacial score (nSPS) is 13.3. The molecule has 4 aromatic rings. The fourth-order valence-electron chi connectivity index (χ4n) is 3.27. The zero-order valence-electron chi connectivity index (χ0n) is 16.4. The number of hydrogen-bond donors (Lipinski definition) is 0. The van der Waals surface area contributed by atoms with E-state index in [1.54, 1.807) is 17.6 Å². The van der Waals surface area contributed by atoms with E-state index in [9.17, 15) is 0 Å². The van der Waals surface area contributed by atoms with Gasteiger partial charge in [-0.3, -0.25) is 4.57 Å².